The predicted octanol–water partition coefficient (Wildman–Crippen LogP) is 2.70. The number of aliphatic hydroxyl groups excluding tert-OH is 1. The van der Waals surface area contributed by atoms with Crippen LogP contribution in [-0.4, -0.2) is 67.2 Å². The number of anilines is 1. The Kier molecular flexibility index (Phi) is 8.96. The van der Waals surface area contributed by atoms with E-state index in [0.717, 1.165) is 0 Å². The second-order valence-electron chi connectivity index (χ2n) is 9.62. The van der Waals surface area contributed by atoms with E-state index in [0.29, 0.717) is 17.6 Å². The Bertz CT molecular complexity index is 1480. The van der Waals surface area contributed by atoms with E-state index in [2.05, 4.69) is 20.0 Å². The number of alkyl halides is 1. The number of halogens is 1. The van der Waals surface area contributed by atoms with Gasteiger partial charge in [0.15, 0.2) is 11.9 Å². The highest BCUT2D eigenvalue weighted by Gasteiger charge is 2.58. The number of ether oxygens (including phenoxy) is 2. The van der Waals surface area contributed by atoms with Crippen molar-refractivity contribution in [2.75, 3.05) is 12.3 Å². The number of hydrogen-bond acceptors (Lipinski definition) is 11. The van der Waals surface area contributed by atoms with E-state index in [9.17, 15) is 14.5 Å². The number of nitrogens with one attached hydrogen (secondary N) is 1. The molecule has 0 saturated carbocycles. The molecule has 1 aliphatic heterocycles. The molecular formula is C26H32FN6O7P. The maximum atomic E-state index is 16.2. The van der Waals surface area contributed by atoms with Gasteiger partial charge in [0, 0.05) is 0 Å². The molecule has 3 heterocycles. The molecule has 4 N–H and O–H groups in total. The first-order chi connectivity index (χ1) is 19.4. The molecule has 41 heavy (non-hydrogen) atoms. The fourth-order valence-corrected chi connectivity index (χ4v) is 5.73. The number of aryl methyl sites for hydroxylation is 1. The fraction of sp³-hybridized carbons (Fsp3) is 0.462. The van der Waals surface area contributed by atoms with E-state index in [-0.39, 0.29) is 17.3 Å². The van der Waals surface area contributed by atoms with Gasteiger partial charge in [-0.1, -0.05) is 31.0 Å². The monoisotopic (exact) mass is 590 g/mol. The predicted molar refractivity (Wildman–Crippen MR) is 146 cm³/mol. The zero-order chi connectivity index (χ0) is 29.9. The molecule has 1 fully saturated rings. The van der Waals surface area contributed by atoms with Gasteiger partial charge in [-0.2, -0.15) is 10.1 Å². The second kappa shape index (κ2) is 12.1. The SMILES string of the molecule is C#C[C@@]1(F)[C@H](O)[C@@H](COP(=O)(N[C@@H](C)C(=O)OC(C)C)Oc2ccccc2)O[C@H]1n1cnc2c(CC)nc(N)nc21. The number of imidazole rings is 1. The lowest BCUT2D eigenvalue weighted by atomic mass is 9.97. The van der Waals surface area contributed by atoms with Crippen molar-refractivity contribution < 1.29 is 37.4 Å². The first kappa shape index (κ1) is 30.4. The maximum Gasteiger partial charge on any atom is 0.459 e. The normalized spacial score (nSPS) is 24.6. The standard InChI is InChI=1S/C26H32FN6O7P/c1-6-18-20-22(31-25(28)30-18)33(14-29-20)24-26(27,7-2)21(34)19(39-24)13-37-41(36,40-17-11-9-8-10-12-17)32-16(5)23(35)38-15(3)4/h2,8-12,14-16,19,21,24,34H,6,13H2,1,3-5H3,(H,32,36)(H2,28,30,31)/t16-,19+,21+,24+,26+,41?/m0/s1. The summed E-state index contributed by atoms with van der Waals surface area (Å²) in [5.41, 5.74) is 4.13. The molecule has 15 heteroatoms. The van der Waals surface area contributed by atoms with Crippen molar-refractivity contribution in [1.29, 1.82) is 0 Å². The molecule has 13 nitrogen and oxygen atoms in total. The number of carbonyl (C=O) groups is 1. The Hall–Kier alpha value is -3.60. The van der Waals surface area contributed by atoms with Crippen molar-refractivity contribution in [1.82, 2.24) is 24.6 Å². The lowest BCUT2D eigenvalue weighted by Crippen LogP contribution is -2.42. The number of nitrogens with two attached hydrogens (primary N) is 1. The van der Waals surface area contributed by atoms with Gasteiger partial charge in [-0.05, 0) is 39.3 Å². The van der Waals surface area contributed by atoms with Crippen LogP contribution in [0.1, 0.15) is 39.6 Å². The average Bonchev–Trinajstić information content (AvgIpc) is 3.45. The molecule has 0 aliphatic carbocycles. The van der Waals surface area contributed by atoms with Crippen molar-refractivity contribution in [2.24, 2.45) is 0 Å². The van der Waals surface area contributed by atoms with Crippen molar-refractivity contribution >= 4 is 30.8 Å². The van der Waals surface area contributed by atoms with Gasteiger partial charge in [-0.25, -0.2) is 18.9 Å². The minimum Gasteiger partial charge on any atom is -0.462 e. The lowest BCUT2D eigenvalue weighted by molar-refractivity contribution is -0.149. The van der Waals surface area contributed by atoms with Gasteiger partial charge in [0.1, 0.15) is 29.5 Å². The van der Waals surface area contributed by atoms with E-state index in [1.165, 1.54) is 30.0 Å². The Morgan fingerprint density at radius 2 is 2.05 bits per heavy atom. The van der Waals surface area contributed by atoms with E-state index in [1.807, 2.05) is 12.8 Å². The molecule has 3 aromatic rings. The number of aromatic nitrogens is 4. The average molecular weight is 591 g/mol. The molecule has 1 unspecified atom stereocenters. The molecule has 1 aromatic carbocycles. The third kappa shape index (κ3) is 6.34. The third-order valence-corrected chi connectivity index (χ3v) is 7.84. The molecule has 220 valence electrons. The number of para-hydroxylation sites is 1. The quantitative estimate of drug-likeness (QED) is 0.170. The Balaban J connectivity index is 1.60. The number of benzene rings is 1. The van der Waals surface area contributed by atoms with Crippen LogP contribution in [0.3, 0.4) is 0 Å². The second-order valence-corrected chi connectivity index (χ2v) is 11.3. The summed E-state index contributed by atoms with van der Waals surface area (Å²) in [5, 5.41) is 13.4. The molecular weight excluding hydrogens is 558 g/mol. The maximum absolute atomic E-state index is 16.2. The van der Waals surface area contributed by atoms with Crippen molar-refractivity contribution in [3.63, 3.8) is 0 Å². The van der Waals surface area contributed by atoms with Gasteiger partial charge < -0.3 is 24.8 Å². The zero-order valence-corrected chi connectivity index (χ0v) is 23.8. The van der Waals surface area contributed by atoms with Crippen LogP contribution in [0, 0.1) is 12.3 Å². The van der Waals surface area contributed by atoms with Crippen molar-refractivity contribution in [2.45, 2.75) is 70.4 Å². The number of nitrogen functional groups attached to an aromatic ring is 1. The fourth-order valence-electron chi connectivity index (χ4n) is 4.23. The minimum atomic E-state index is -4.33. The van der Waals surface area contributed by atoms with Gasteiger partial charge in [-0.3, -0.25) is 13.9 Å². The number of aliphatic hydroxyl groups is 1. The molecule has 0 radical (unpaired) electrons. The molecule has 2 aromatic heterocycles. The van der Waals surface area contributed by atoms with Crippen LogP contribution >= 0.6 is 7.75 Å². The molecule has 1 aliphatic rings. The lowest BCUT2D eigenvalue weighted by Gasteiger charge is -2.25. The van der Waals surface area contributed by atoms with Crippen LogP contribution in [0.25, 0.3) is 11.2 Å². The summed E-state index contributed by atoms with van der Waals surface area (Å²) in [6, 6.07) is 6.95. The number of hydrogen-bond donors (Lipinski definition) is 3. The highest BCUT2D eigenvalue weighted by molar-refractivity contribution is 7.52. The highest BCUT2D eigenvalue weighted by Crippen LogP contribution is 2.48. The van der Waals surface area contributed by atoms with Gasteiger partial charge in [0.05, 0.1) is 24.7 Å². The van der Waals surface area contributed by atoms with Crippen LogP contribution in [0.4, 0.5) is 10.3 Å². The van der Waals surface area contributed by atoms with Crippen LogP contribution in [0.15, 0.2) is 36.7 Å². The first-order valence-corrected chi connectivity index (χ1v) is 14.4. The van der Waals surface area contributed by atoms with Crippen LogP contribution in [0.5, 0.6) is 5.75 Å². The third-order valence-electron chi connectivity index (χ3n) is 6.20. The van der Waals surface area contributed by atoms with E-state index in [4.69, 9.17) is 30.7 Å². The number of carbonyl (C=O) groups excluding carboxylic acids is 1. The molecule has 4 rings (SSSR count). The Labute approximate surface area is 236 Å². The topological polar surface area (TPSA) is 173 Å². The number of fused-ring (bicyclic) bond motifs is 1. The van der Waals surface area contributed by atoms with Crippen molar-refractivity contribution in [3.8, 4) is 18.1 Å². The smallest absolute Gasteiger partial charge is 0.459 e. The summed E-state index contributed by atoms with van der Waals surface area (Å²) < 4.78 is 53.3. The van der Waals surface area contributed by atoms with Crippen LogP contribution in [0.2, 0.25) is 0 Å². The van der Waals surface area contributed by atoms with E-state index < -0.39 is 56.6 Å². The van der Waals surface area contributed by atoms with Gasteiger partial charge in [-0.15, -0.1) is 6.42 Å². The summed E-state index contributed by atoms with van der Waals surface area (Å²) in [7, 11) is -4.33. The van der Waals surface area contributed by atoms with Gasteiger partial charge >= 0.3 is 13.7 Å². The van der Waals surface area contributed by atoms with Gasteiger partial charge in [0.25, 0.3) is 0 Å². The summed E-state index contributed by atoms with van der Waals surface area (Å²) in [6.07, 6.45) is 1.91. The molecule has 0 amide bonds. The van der Waals surface area contributed by atoms with Crippen LogP contribution < -0.4 is 15.3 Å². The number of esters is 1. The van der Waals surface area contributed by atoms with Gasteiger partial charge in [0.2, 0.25) is 11.6 Å². The van der Waals surface area contributed by atoms with Crippen molar-refractivity contribution in [3.05, 3.63) is 42.4 Å². The zero-order valence-electron chi connectivity index (χ0n) is 22.9. The Morgan fingerprint density at radius 1 is 1.34 bits per heavy atom. The largest absolute Gasteiger partial charge is 0.462 e. The Morgan fingerprint density at radius 3 is 2.68 bits per heavy atom. The summed E-state index contributed by atoms with van der Waals surface area (Å²) in [6.45, 7) is 5.95. The minimum absolute atomic E-state index is 0.0603. The molecule has 6 atom stereocenters. The van der Waals surface area contributed by atoms with E-state index in [1.54, 1.807) is 32.0 Å². The summed E-state index contributed by atoms with van der Waals surface area (Å²) in [4.78, 5) is 25.0. The molecule has 0 spiro atoms. The number of terminal acetylenes is 1. The van der Waals surface area contributed by atoms with Crippen LogP contribution in [-0.2, 0) is 29.8 Å². The highest BCUT2D eigenvalue weighted by atomic mass is 31.2. The molecule has 1 saturated heterocycles. The summed E-state index contributed by atoms with van der Waals surface area (Å²) in [5.74, 6) is 1.37. The summed E-state index contributed by atoms with van der Waals surface area (Å²) >= 11 is 0. The number of nitrogens with zero attached hydrogens (tertiary/aromatic N) is 4. The van der Waals surface area contributed by atoms with E-state index >= 15 is 4.39 Å². The number of rotatable bonds is 11. The molecule has 0 bridgehead atoms. The first-order valence-electron chi connectivity index (χ1n) is 12.9.